The van der Waals surface area contributed by atoms with E-state index in [9.17, 15) is 0 Å². The van der Waals surface area contributed by atoms with E-state index in [0.717, 1.165) is 12.1 Å². The molecule has 17 heavy (non-hydrogen) atoms. The van der Waals surface area contributed by atoms with Crippen molar-refractivity contribution in [3.8, 4) is 0 Å². The summed E-state index contributed by atoms with van der Waals surface area (Å²) in [4.78, 5) is 4.19. The summed E-state index contributed by atoms with van der Waals surface area (Å²) in [6, 6.07) is 10.9. The van der Waals surface area contributed by atoms with E-state index >= 15 is 0 Å². The Balaban J connectivity index is 2.15. The Morgan fingerprint density at radius 2 is 1.94 bits per heavy atom. The van der Waals surface area contributed by atoms with E-state index < -0.39 is 0 Å². The summed E-state index contributed by atoms with van der Waals surface area (Å²) >= 11 is 0. The quantitative estimate of drug-likeness (QED) is 0.876. The van der Waals surface area contributed by atoms with Gasteiger partial charge in [0.15, 0.2) is 0 Å². The van der Waals surface area contributed by atoms with E-state index in [0.29, 0.717) is 6.04 Å². The van der Waals surface area contributed by atoms with Crippen LogP contribution in [0.2, 0.25) is 0 Å². The zero-order valence-corrected chi connectivity index (χ0v) is 10.4. The van der Waals surface area contributed by atoms with Gasteiger partial charge in [-0.15, -0.1) is 0 Å². The fraction of sp³-hybridized carbons (Fsp3) is 0.357. The van der Waals surface area contributed by atoms with Gasteiger partial charge in [-0.25, -0.2) is 4.98 Å². The minimum absolute atomic E-state index is 0.0238. The number of rotatable bonds is 4. The molecule has 90 valence electrons. The van der Waals surface area contributed by atoms with Gasteiger partial charge in [0, 0.05) is 18.3 Å². The van der Waals surface area contributed by atoms with Crippen molar-refractivity contribution in [1.82, 2.24) is 9.55 Å². The maximum absolute atomic E-state index is 5.93. The summed E-state index contributed by atoms with van der Waals surface area (Å²) in [5.41, 5.74) is 8.36. The van der Waals surface area contributed by atoms with Crippen LogP contribution in [0, 0.1) is 0 Å². The van der Waals surface area contributed by atoms with Gasteiger partial charge in [-0.3, -0.25) is 0 Å². The maximum atomic E-state index is 5.93. The molecule has 0 spiro atoms. The molecule has 1 heterocycles. The lowest BCUT2D eigenvalue weighted by molar-refractivity contribution is 0.510. The van der Waals surface area contributed by atoms with Crippen molar-refractivity contribution >= 4 is 0 Å². The molecule has 2 N–H and O–H groups in total. The van der Waals surface area contributed by atoms with Gasteiger partial charge in [-0.05, 0) is 25.8 Å². The van der Waals surface area contributed by atoms with E-state index in [2.05, 4.69) is 40.7 Å². The molecule has 3 heteroatoms. The van der Waals surface area contributed by atoms with Gasteiger partial charge in [0.2, 0.25) is 0 Å². The van der Waals surface area contributed by atoms with Crippen LogP contribution in [0.3, 0.4) is 0 Å². The number of benzene rings is 1. The van der Waals surface area contributed by atoms with Crippen LogP contribution in [0.1, 0.15) is 37.2 Å². The van der Waals surface area contributed by atoms with Crippen LogP contribution in [-0.2, 0) is 6.42 Å². The van der Waals surface area contributed by atoms with Gasteiger partial charge in [0.1, 0.15) is 0 Å². The summed E-state index contributed by atoms with van der Waals surface area (Å²) < 4.78 is 2.16. The standard InChI is InChI=1S/C14H19N3/c1-11(8-13-6-4-3-5-7-13)17-10-16-9-14(17)12(2)15/h3-7,9-12H,8,15H2,1-2H3. The van der Waals surface area contributed by atoms with E-state index in [4.69, 9.17) is 5.73 Å². The van der Waals surface area contributed by atoms with Gasteiger partial charge in [0.05, 0.1) is 12.0 Å². The van der Waals surface area contributed by atoms with Crippen molar-refractivity contribution in [3.63, 3.8) is 0 Å². The number of aromatic nitrogens is 2. The Kier molecular flexibility index (Phi) is 3.59. The van der Waals surface area contributed by atoms with Crippen molar-refractivity contribution in [2.45, 2.75) is 32.4 Å². The Bertz CT molecular complexity index is 459. The lowest BCUT2D eigenvalue weighted by atomic mass is 10.1. The third-order valence-corrected chi connectivity index (χ3v) is 3.01. The summed E-state index contributed by atoms with van der Waals surface area (Å²) in [6.45, 7) is 4.18. The highest BCUT2D eigenvalue weighted by Gasteiger charge is 2.12. The van der Waals surface area contributed by atoms with Gasteiger partial charge in [-0.1, -0.05) is 30.3 Å². The molecule has 0 saturated carbocycles. The molecule has 2 aromatic rings. The van der Waals surface area contributed by atoms with Crippen molar-refractivity contribution < 1.29 is 0 Å². The Morgan fingerprint density at radius 3 is 2.59 bits per heavy atom. The number of nitrogens with two attached hydrogens (primary N) is 1. The molecule has 0 radical (unpaired) electrons. The topological polar surface area (TPSA) is 43.8 Å². The predicted molar refractivity (Wildman–Crippen MR) is 69.7 cm³/mol. The van der Waals surface area contributed by atoms with Crippen molar-refractivity contribution in [3.05, 3.63) is 54.1 Å². The SMILES string of the molecule is CC(N)c1cncn1C(C)Cc1ccccc1. The lowest BCUT2D eigenvalue weighted by Crippen LogP contribution is -2.16. The maximum Gasteiger partial charge on any atom is 0.0951 e. The lowest BCUT2D eigenvalue weighted by Gasteiger charge is -2.18. The van der Waals surface area contributed by atoms with Crippen LogP contribution in [0.4, 0.5) is 0 Å². The molecular formula is C14H19N3. The smallest absolute Gasteiger partial charge is 0.0951 e. The Morgan fingerprint density at radius 1 is 1.24 bits per heavy atom. The molecular weight excluding hydrogens is 210 g/mol. The summed E-state index contributed by atoms with van der Waals surface area (Å²) in [5.74, 6) is 0. The molecule has 2 rings (SSSR count). The minimum Gasteiger partial charge on any atom is -0.330 e. The highest BCUT2D eigenvalue weighted by atomic mass is 15.1. The molecule has 0 fully saturated rings. The zero-order chi connectivity index (χ0) is 12.3. The molecule has 2 unspecified atom stereocenters. The fourth-order valence-electron chi connectivity index (χ4n) is 2.09. The van der Waals surface area contributed by atoms with Crippen molar-refractivity contribution in [1.29, 1.82) is 0 Å². The second-order valence-electron chi connectivity index (χ2n) is 4.55. The van der Waals surface area contributed by atoms with Crippen molar-refractivity contribution in [2.75, 3.05) is 0 Å². The second kappa shape index (κ2) is 5.15. The number of nitrogens with zero attached hydrogens (tertiary/aromatic N) is 2. The van der Waals surface area contributed by atoms with Crippen LogP contribution in [0.15, 0.2) is 42.9 Å². The molecule has 0 aliphatic heterocycles. The van der Waals surface area contributed by atoms with Crippen LogP contribution >= 0.6 is 0 Å². The Hall–Kier alpha value is -1.61. The van der Waals surface area contributed by atoms with Crippen LogP contribution in [-0.4, -0.2) is 9.55 Å². The molecule has 0 saturated heterocycles. The molecule has 2 atom stereocenters. The highest BCUT2D eigenvalue weighted by Crippen LogP contribution is 2.18. The first kappa shape index (κ1) is 11.9. The third kappa shape index (κ3) is 2.74. The summed E-state index contributed by atoms with van der Waals surface area (Å²) in [5, 5.41) is 0. The van der Waals surface area contributed by atoms with Crippen molar-refractivity contribution in [2.24, 2.45) is 5.73 Å². The van der Waals surface area contributed by atoms with Gasteiger partial charge < -0.3 is 10.3 Å². The molecule has 0 aliphatic rings. The van der Waals surface area contributed by atoms with E-state index in [1.165, 1.54) is 5.56 Å². The summed E-state index contributed by atoms with van der Waals surface area (Å²) in [6.07, 6.45) is 4.72. The molecule has 1 aromatic carbocycles. The van der Waals surface area contributed by atoms with E-state index in [-0.39, 0.29) is 6.04 Å². The third-order valence-electron chi connectivity index (χ3n) is 3.01. The minimum atomic E-state index is 0.0238. The number of hydrogen-bond donors (Lipinski definition) is 1. The van der Waals surface area contributed by atoms with Crippen LogP contribution < -0.4 is 5.73 Å². The first-order valence-corrected chi connectivity index (χ1v) is 5.99. The molecule has 1 aromatic heterocycles. The van der Waals surface area contributed by atoms with Crippen LogP contribution in [0.25, 0.3) is 0 Å². The number of hydrogen-bond acceptors (Lipinski definition) is 2. The monoisotopic (exact) mass is 229 g/mol. The van der Waals surface area contributed by atoms with E-state index in [1.807, 2.05) is 25.5 Å². The molecule has 0 amide bonds. The first-order valence-electron chi connectivity index (χ1n) is 5.99. The average molecular weight is 229 g/mol. The molecule has 0 aliphatic carbocycles. The van der Waals surface area contributed by atoms with Gasteiger partial charge in [0.25, 0.3) is 0 Å². The number of imidazole rings is 1. The van der Waals surface area contributed by atoms with Gasteiger partial charge >= 0.3 is 0 Å². The second-order valence-corrected chi connectivity index (χ2v) is 4.55. The molecule has 0 bridgehead atoms. The normalized spacial score (nSPS) is 14.5. The highest BCUT2D eigenvalue weighted by molar-refractivity contribution is 5.16. The average Bonchev–Trinajstić information content (AvgIpc) is 2.79. The fourth-order valence-corrected chi connectivity index (χ4v) is 2.09. The van der Waals surface area contributed by atoms with E-state index in [1.54, 1.807) is 0 Å². The van der Waals surface area contributed by atoms with Crippen LogP contribution in [0.5, 0.6) is 0 Å². The summed E-state index contributed by atoms with van der Waals surface area (Å²) in [7, 11) is 0. The largest absolute Gasteiger partial charge is 0.330 e. The first-order chi connectivity index (χ1) is 8.18. The molecule has 3 nitrogen and oxygen atoms in total. The Labute approximate surface area is 102 Å². The van der Waals surface area contributed by atoms with Gasteiger partial charge in [-0.2, -0.15) is 0 Å². The zero-order valence-electron chi connectivity index (χ0n) is 10.4. The predicted octanol–water partition coefficient (Wildman–Crippen LogP) is 2.71.